The summed E-state index contributed by atoms with van der Waals surface area (Å²) in [7, 11) is -2.77. The topological polar surface area (TPSA) is 37.4 Å². The first-order valence-electron chi connectivity index (χ1n) is 10.6. The number of rotatable bonds is 6. The van der Waals surface area contributed by atoms with Crippen LogP contribution in [-0.2, 0) is 9.84 Å². The standard InChI is InChI=1S/C10H19NO2S.C7H16.2C2H6/c1-9-5-10(6-9)7-11(8-10)3-4-14(2,12)13;1-4-6-7(3)5-2;2*1-2/h9H,3-8H2,1-2H3;7H,4-6H2,1-3H3;2*1-2H3. The van der Waals surface area contributed by atoms with Crippen molar-refractivity contribution in [1.82, 2.24) is 4.90 Å². The molecule has 0 bridgehead atoms. The number of likely N-dealkylation sites (tertiary alicyclic amines) is 1. The summed E-state index contributed by atoms with van der Waals surface area (Å²) in [6.07, 6.45) is 8.10. The zero-order valence-electron chi connectivity index (χ0n) is 18.7. The molecule has 0 N–H and O–H groups in total. The number of nitrogens with zero attached hydrogens (tertiary/aromatic N) is 1. The molecule has 1 heterocycles. The van der Waals surface area contributed by atoms with Gasteiger partial charge in [0.2, 0.25) is 0 Å². The molecular weight excluding hydrogens is 330 g/mol. The lowest BCUT2D eigenvalue weighted by Crippen LogP contribution is -2.62. The fourth-order valence-electron chi connectivity index (χ4n) is 3.73. The van der Waals surface area contributed by atoms with E-state index in [1.807, 2.05) is 27.7 Å². The molecule has 1 unspecified atom stereocenters. The Morgan fingerprint density at radius 3 is 1.84 bits per heavy atom. The van der Waals surface area contributed by atoms with Crippen LogP contribution in [0, 0.1) is 17.3 Å². The lowest BCUT2D eigenvalue weighted by Gasteiger charge is -2.58. The van der Waals surface area contributed by atoms with Crippen molar-refractivity contribution in [2.75, 3.05) is 31.6 Å². The Morgan fingerprint density at radius 2 is 1.56 bits per heavy atom. The van der Waals surface area contributed by atoms with Crippen LogP contribution in [0.5, 0.6) is 0 Å². The van der Waals surface area contributed by atoms with E-state index in [0.29, 0.717) is 11.2 Å². The fourth-order valence-corrected chi connectivity index (χ4v) is 4.32. The summed E-state index contributed by atoms with van der Waals surface area (Å²) < 4.78 is 21.9. The molecule has 1 spiro atoms. The second-order valence-corrected chi connectivity index (χ2v) is 9.92. The van der Waals surface area contributed by atoms with E-state index < -0.39 is 9.84 Å². The first-order chi connectivity index (χ1) is 11.7. The highest BCUT2D eigenvalue weighted by molar-refractivity contribution is 7.90. The highest BCUT2D eigenvalue weighted by atomic mass is 32.2. The molecule has 1 aliphatic heterocycles. The maximum atomic E-state index is 10.9. The van der Waals surface area contributed by atoms with Gasteiger partial charge in [-0.1, -0.05) is 74.7 Å². The molecule has 1 saturated carbocycles. The fraction of sp³-hybridized carbons (Fsp3) is 1.00. The van der Waals surface area contributed by atoms with Gasteiger partial charge < -0.3 is 4.90 Å². The maximum Gasteiger partial charge on any atom is 0.148 e. The van der Waals surface area contributed by atoms with Crippen molar-refractivity contribution >= 4 is 9.84 Å². The highest BCUT2D eigenvalue weighted by Gasteiger charge is 2.50. The van der Waals surface area contributed by atoms with Crippen LogP contribution in [0.15, 0.2) is 0 Å². The Balaban J connectivity index is 0. The van der Waals surface area contributed by atoms with Gasteiger partial charge in [0.05, 0.1) is 5.75 Å². The summed E-state index contributed by atoms with van der Waals surface area (Å²) in [4.78, 5) is 2.27. The van der Waals surface area contributed by atoms with Crippen LogP contribution in [0.1, 0.15) is 87.5 Å². The average Bonchev–Trinajstić information content (AvgIpc) is 2.52. The van der Waals surface area contributed by atoms with Crippen LogP contribution >= 0.6 is 0 Å². The normalized spacial score (nSPS) is 19.7. The van der Waals surface area contributed by atoms with E-state index in [4.69, 9.17) is 0 Å². The summed E-state index contributed by atoms with van der Waals surface area (Å²) in [6, 6.07) is 0. The monoisotopic (exact) mass is 377 g/mol. The van der Waals surface area contributed by atoms with E-state index in [1.165, 1.54) is 38.4 Å². The van der Waals surface area contributed by atoms with Gasteiger partial charge in [0.25, 0.3) is 0 Å². The van der Waals surface area contributed by atoms with E-state index in [1.54, 1.807) is 0 Å². The molecule has 1 saturated heterocycles. The van der Waals surface area contributed by atoms with Crippen LogP contribution in [-0.4, -0.2) is 45.0 Å². The smallest absolute Gasteiger partial charge is 0.148 e. The SMILES string of the molecule is CC.CC.CC1CC2(C1)CN(CCS(C)(=O)=O)C2.CCCC(C)CC. The van der Waals surface area contributed by atoms with Crippen LogP contribution < -0.4 is 0 Å². The Morgan fingerprint density at radius 1 is 1.08 bits per heavy atom. The van der Waals surface area contributed by atoms with Crippen LogP contribution in [0.2, 0.25) is 0 Å². The van der Waals surface area contributed by atoms with Crippen LogP contribution in [0.3, 0.4) is 0 Å². The van der Waals surface area contributed by atoms with Crippen molar-refractivity contribution in [2.45, 2.75) is 87.5 Å². The number of sulfone groups is 1. The zero-order chi connectivity index (χ0) is 20.1. The first kappa shape index (κ1) is 27.1. The van der Waals surface area contributed by atoms with Gasteiger partial charge in [-0.05, 0) is 30.1 Å². The van der Waals surface area contributed by atoms with Crippen molar-refractivity contribution in [3.63, 3.8) is 0 Å². The zero-order valence-corrected chi connectivity index (χ0v) is 19.5. The average molecular weight is 378 g/mol. The molecule has 2 aliphatic rings. The van der Waals surface area contributed by atoms with Crippen LogP contribution in [0.25, 0.3) is 0 Å². The third-order valence-electron chi connectivity index (χ3n) is 4.94. The number of hydrogen-bond acceptors (Lipinski definition) is 3. The van der Waals surface area contributed by atoms with Gasteiger partial charge in [0.1, 0.15) is 9.84 Å². The summed E-state index contributed by atoms with van der Waals surface area (Å²) >= 11 is 0. The van der Waals surface area contributed by atoms with E-state index in [-0.39, 0.29) is 0 Å². The van der Waals surface area contributed by atoms with E-state index >= 15 is 0 Å². The molecule has 0 aromatic rings. The maximum absolute atomic E-state index is 10.9. The molecule has 2 fully saturated rings. The van der Waals surface area contributed by atoms with Gasteiger partial charge >= 0.3 is 0 Å². The molecule has 0 amide bonds. The predicted octanol–water partition coefficient (Wildman–Crippen LogP) is 5.65. The Hall–Kier alpha value is -0.0900. The molecule has 0 aromatic heterocycles. The van der Waals surface area contributed by atoms with Crippen molar-refractivity contribution in [3.05, 3.63) is 0 Å². The molecule has 0 radical (unpaired) electrons. The Bertz CT molecular complexity index is 392. The predicted molar refractivity (Wildman–Crippen MR) is 114 cm³/mol. The summed E-state index contributed by atoms with van der Waals surface area (Å²) in [5.74, 6) is 2.16. The third-order valence-corrected chi connectivity index (χ3v) is 5.86. The minimum absolute atomic E-state index is 0.318. The van der Waals surface area contributed by atoms with Crippen molar-refractivity contribution in [2.24, 2.45) is 17.3 Å². The first-order valence-corrected chi connectivity index (χ1v) is 12.7. The molecule has 2 rings (SSSR count). The van der Waals surface area contributed by atoms with Crippen molar-refractivity contribution in [3.8, 4) is 0 Å². The van der Waals surface area contributed by atoms with E-state index in [9.17, 15) is 8.42 Å². The second kappa shape index (κ2) is 14.0. The lowest BCUT2D eigenvalue weighted by atomic mass is 9.58. The second-order valence-electron chi connectivity index (χ2n) is 7.66. The molecule has 25 heavy (non-hydrogen) atoms. The van der Waals surface area contributed by atoms with E-state index in [0.717, 1.165) is 31.5 Å². The minimum Gasteiger partial charge on any atom is -0.301 e. The Kier molecular flexibility index (Phi) is 15.2. The number of hydrogen-bond donors (Lipinski definition) is 0. The summed E-state index contributed by atoms with van der Waals surface area (Å²) in [5, 5.41) is 0. The quantitative estimate of drug-likeness (QED) is 0.600. The van der Waals surface area contributed by atoms with Crippen LogP contribution in [0.4, 0.5) is 0 Å². The van der Waals surface area contributed by atoms with Gasteiger partial charge in [-0.15, -0.1) is 0 Å². The van der Waals surface area contributed by atoms with Crippen molar-refractivity contribution in [1.29, 1.82) is 0 Å². The van der Waals surface area contributed by atoms with Gasteiger partial charge in [-0.25, -0.2) is 8.42 Å². The molecule has 4 heteroatoms. The molecule has 3 nitrogen and oxygen atoms in total. The Labute approximate surface area is 159 Å². The lowest BCUT2D eigenvalue weighted by molar-refractivity contribution is -0.0859. The summed E-state index contributed by atoms with van der Waals surface area (Å²) in [5.41, 5.74) is 0.594. The van der Waals surface area contributed by atoms with Crippen molar-refractivity contribution < 1.29 is 8.42 Å². The van der Waals surface area contributed by atoms with Gasteiger partial charge in [-0.3, -0.25) is 0 Å². The van der Waals surface area contributed by atoms with Gasteiger partial charge in [-0.2, -0.15) is 0 Å². The van der Waals surface area contributed by atoms with Gasteiger partial charge in [0.15, 0.2) is 0 Å². The third kappa shape index (κ3) is 12.0. The van der Waals surface area contributed by atoms with Gasteiger partial charge in [0, 0.05) is 25.9 Å². The molecule has 1 atom stereocenters. The van der Waals surface area contributed by atoms with E-state index in [2.05, 4.69) is 32.6 Å². The largest absolute Gasteiger partial charge is 0.301 e. The molecule has 1 aliphatic carbocycles. The molecular formula is C21H47NO2S. The summed E-state index contributed by atoms with van der Waals surface area (Å²) in [6.45, 7) is 20.1. The molecule has 0 aromatic carbocycles. The minimum atomic E-state index is -2.77. The highest BCUT2D eigenvalue weighted by Crippen LogP contribution is 2.51. The molecule has 154 valence electrons.